The van der Waals surface area contributed by atoms with Crippen molar-refractivity contribution < 1.29 is 22.8 Å². The molecule has 7 nitrogen and oxygen atoms in total. The molecule has 0 saturated carbocycles. The quantitative estimate of drug-likeness (QED) is 0.828. The van der Waals surface area contributed by atoms with Crippen LogP contribution in [-0.4, -0.2) is 60.6 Å². The van der Waals surface area contributed by atoms with E-state index < -0.39 is 30.5 Å². The Kier molecular flexibility index (Phi) is 4.10. The molecule has 2 heterocycles. The average molecular weight is 341 g/mol. The van der Waals surface area contributed by atoms with Crippen LogP contribution in [0, 0.1) is 5.95 Å². The van der Waals surface area contributed by atoms with Gasteiger partial charge in [-0.1, -0.05) is 0 Å². The molecular weight excluding hydrogens is 315 g/mol. The van der Waals surface area contributed by atoms with E-state index in [1.165, 1.54) is 12.1 Å². The Morgan fingerprint density at radius 1 is 1.29 bits per heavy atom. The molecule has 0 spiro atoms. The van der Waals surface area contributed by atoms with Crippen LogP contribution in [0.3, 0.4) is 0 Å². The van der Waals surface area contributed by atoms with E-state index in [2.05, 4.69) is 4.98 Å². The zero-order valence-corrected chi connectivity index (χ0v) is 13.9. The molecule has 1 aliphatic heterocycles. The summed E-state index contributed by atoms with van der Waals surface area (Å²) in [4.78, 5) is 30.6. The maximum atomic E-state index is 14.3. The third-order valence-corrected chi connectivity index (χ3v) is 3.45. The van der Waals surface area contributed by atoms with Crippen LogP contribution >= 0.6 is 0 Å². The summed E-state index contributed by atoms with van der Waals surface area (Å²) in [5.41, 5.74) is -0.723. The Bertz CT molecular complexity index is 714. The van der Waals surface area contributed by atoms with Crippen LogP contribution in [0.2, 0.25) is 0 Å². The van der Waals surface area contributed by atoms with Gasteiger partial charge in [-0.05, 0) is 32.9 Å². The zero-order valence-electron chi connectivity index (χ0n) is 16.9. The van der Waals surface area contributed by atoms with Gasteiger partial charge in [-0.15, -0.1) is 0 Å². The molecule has 132 valence electrons. The van der Waals surface area contributed by atoms with Crippen molar-refractivity contribution in [2.75, 3.05) is 38.1 Å². The summed E-state index contributed by atoms with van der Waals surface area (Å²) >= 11 is 0. The largest absolute Gasteiger partial charge is 0.444 e. The van der Waals surface area contributed by atoms with Gasteiger partial charge in [-0.25, -0.2) is 9.78 Å². The van der Waals surface area contributed by atoms with Crippen LogP contribution in [0.25, 0.3) is 0 Å². The first-order chi connectivity index (χ1) is 12.4. The lowest BCUT2D eigenvalue weighted by atomic mass is 10.2. The highest BCUT2D eigenvalue weighted by atomic mass is 19.1. The fourth-order valence-corrected chi connectivity index (χ4v) is 2.31. The van der Waals surface area contributed by atoms with Gasteiger partial charge in [-0.3, -0.25) is 4.79 Å². The molecule has 1 aromatic heterocycles. The first-order valence-electron chi connectivity index (χ1n) is 9.08. The molecule has 1 aliphatic rings. The molecule has 0 aliphatic carbocycles. The summed E-state index contributed by atoms with van der Waals surface area (Å²) < 4.78 is 40.7. The minimum absolute atomic E-state index is 0.185. The van der Waals surface area contributed by atoms with Crippen LogP contribution in [0.1, 0.15) is 35.4 Å². The SMILES string of the molecule is [2H]C([2H])([2H])NC(=O)c1ccc(N2CCN(C(=O)OC(C)(C)C)CC2)c(F)n1. The number of rotatable bonds is 2. The third-order valence-electron chi connectivity index (χ3n) is 3.45. The minimum atomic E-state index is -2.67. The maximum absolute atomic E-state index is 14.3. The molecule has 1 aromatic rings. The van der Waals surface area contributed by atoms with Crippen LogP contribution in [-0.2, 0) is 4.74 Å². The number of nitrogens with zero attached hydrogens (tertiary/aromatic N) is 3. The number of anilines is 1. The maximum Gasteiger partial charge on any atom is 0.410 e. The number of piperazine rings is 1. The molecular formula is C16H23FN4O3. The molecule has 1 N–H and O–H groups in total. The number of carbonyl (C=O) groups excluding carboxylic acids is 2. The van der Waals surface area contributed by atoms with Crippen LogP contribution in [0.15, 0.2) is 12.1 Å². The summed E-state index contributed by atoms with van der Waals surface area (Å²) in [7, 11) is 0. The summed E-state index contributed by atoms with van der Waals surface area (Å²) in [6, 6.07) is 2.64. The Balaban J connectivity index is 2.00. The van der Waals surface area contributed by atoms with E-state index in [0.717, 1.165) is 0 Å². The smallest absolute Gasteiger partial charge is 0.410 e. The van der Waals surface area contributed by atoms with Gasteiger partial charge >= 0.3 is 6.09 Å². The lowest BCUT2D eigenvalue weighted by molar-refractivity contribution is 0.0240. The number of ether oxygens (including phenoxy) is 1. The van der Waals surface area contributed by atoms with E-state index in [-0.39, 0.29) is 11.4 Å². The predicted octanol–water partition coefficient (Wildman–Crippen LogP) is 1.64. The average Bonchev–Trinajstić information content (AvgIpc) is 2.51. The molecule has 2 rings (SSSR count). The molecule has 0 atom stereocenters. The molecule has 1 saturated heterocycles. The molecule has 0 radical (unpaired) electrons. The lowest BCUT2D eigenvalue weighted by Gasteiger charge is -2.36. The van der Waals surface area contributed by atoms with Crippen molar-refractivity contribution in [3.63, 3.8) is 0 Å². The highest BCUT2D eigenvalue weighted by Gasteiger charge is 2.27. The van der Waals surface area contributed by atoms with Gasteiger partial charge in [0, 0.05) is 37.3 Å². The van der Waals surface area contributed by atoms with Crippen molar-refractivity contribution in [1.29, 1.82) is 0 Å². The fraction of sp³-hybridized carbons (Fsp3) is 0.562. The Hall–Kier alpha value is -2.38. The number of halogens is 1. The number of hydrogen-bond donors (Lipinski definition) is 1. The van der Waals surface area contributed by atoms with Crippen molar-refractivity contribution in [3.05, 3.63) is 23.8 Å². The summed E-state index contributed by atoms with van der Waals surface area (Å²) in [6.07, 6.45) is -0.419. The third kappa shape index (κ3) is 4.33. The van der Waals surface area contributed by atoms with E-state index in [0.29, 0.717) is 26.2 Å². The Morgan fingerprint density at radius 2 is 1.96 bits per heavy atom. The molecule has 0 bridgehead atoms. The molecule has 1 fully saturated rings. The van der Waals surface area contributed by atoms with Crippen molar-refractivity contribution in [2.45, 2.75) is 26.4 Å². The number of aromatic nitrogens is 1. The van der Waals surface area contributed by atoms with Crippen LogP contribution in [0.4, 0.5) is 14.9 Å². The molecule has 0 unspecified atom stereocenters. The van der Waals surface area contributed by atoms with Crippen molar-refractivity contribution in [2.24, 2.45) is 0 Å². The highest BCUT2D eigenvalue weighted by Crippen LogP contribution is 2.20. The monoisotopic (exact) mass is 341 g/mol. The van der Waals surface area contributed by atoms with Gasteiger partial charge in [0.05, 0.1) is 5.69 Å². The standard InChI is InChI=1S/C16H23FN4O3/c1-16(2,3)24-15(23)21-9-7-20(8-10-21)12-6-5-11(14(22)18-4)19-13(12)17/h5-6H,7-10H2,1-4H3,(H,18,22)/i4D3. The van der Waals surface area contributed by atoms with E-state index in [9.17, 15) is 14.0 Å². The Morgan fingerprint density at radius 3 is 2.50 bits per heavy atom. The normalized spacial score (nSPS) is 17.6. The zero-order chi connectivity index (χ0) is 20.4. The van der Waals surface area contributed by atoms with E-state index >= 15 is 0 Å². The van der Waals surface area contributed by atoms with E-state index in [4.69, 9.17) is 8.85 Å². The van der Waals surface area contributed by atoms with Crippen molar-refractivity contribution in [1.82, 2.24) is 15.2 Å². The van der Waals surface area contributed by atoms with Crippen LogP contribution < -0.4 is 10.2 Å². The predicted molar refractivity (Wildman–Crippen MR) is 87.6 cm³/mol. The second-order valence-electron chi connectivity index (χ2n) is 6.41. The number of amides is 2. The van der Waals surface area contributed by atoms with E-state index in [1.807, 2.05) is 0 Å². The molecule has 8 heteroatoms. The van der Waals surface area contributed by atoms with Gasteiger partial charge in [0.2, 0.25) is 5.95 Å². The number of hydrogen-bond acceptors (Lipinski definition) is 5. The summed E-state index contributed by atoms with van der Waals surface area (Å²) in [5, 5.41) is 1.76. The van der Waals surface area contributed by atoms with E-state index in [1.54, 1.807) is 35.9 Å². The summed E-state index contributed by atoms with van der Waals surface area (Å²) in [6.45, 7) is 4.14. The molecule has 0 aromatic carbocycles. The van der Waals surface area contributed by atoms with Gasteiger partial charge in [0.1, 0.15) is 11.3 Å². The highest BCUT2D eigenvalue weighted by molar-refractivity contribution is 5.92. The number of nitrogens with one attached hydrogen (secondary N) is 1. The topological polar surface area (TPSA) is 74.8 Å². The molecule has 24 heavy (non-hydrogen) atoms. The lowest BCUT2D eigenvalue weighted by Crippen LogP contribution is -2.50. The summed E-state index contributed by atoms with van der Waals surface area (Å²) in [5.74, 6) is -1.85. The number of carbonyl (C=O) groups is 2. The van der Waals surface area contributed by atoms with Gasteiger partial charge in [0.15, 0.2) is 0 Å². The van der Waals surface area contributed by atoms with Gasteiger partial charge in [-0.2, -0.15) is 4.39 Å². The van der Waals surface area contributed by atoms with Crippen molar-refractivity contribution >= 4 is 17.7 Å². The Labute approximate surface area is 145 Å². The second-order valence-corrected chi connectivity index (χ2v) is 6.41. The fourth-order valence-electron chi connectivity index (χ4n) is 2.31. The first kappa shape index (κ1) is 14.0. The second kappa shape index (κ2) is 7.02. The minimum Gasteiger partial charge on any atom is -0.444 e. The number of pyridine rings is 1. The van der Waals surface area contributed by atoms with Gasteiger partial charge in [0.25, 0.3) is 5.91 Å². The van der Waals surface area contributed by atoms with Gasteiger partial charge < -0.3 is 19.9 Å². The first-order valence-corrected chi connectivity index (χ1v) is 7.58. The van der Waals surface area contributed by atoms with Crippen LogP contribution in [0.5, 0.6) is 0 Å². The molecule has 2 amide bonds. The van der Waals surface area contributed by atoms with Crippen molar-refractivity contribution in [3.8, 4) is 0 Å².